The average molecular weight is 198 g/mol. The average Bonchev–Trinajstić information content (AvgIpc) is 2.72. The van der Waals surface area contributed by atoms with Crippen molar-refractivity contribution < 1.29 is 8.90 Å². The van der Waals surface area contributed by atoms with Crippen molar-refractivity contribution in [2.75, 3.05) is 0 Å². The molecule has 0 unspecified atom stereocenters. The van der Waals surface area contributed by atoms with Crippen molar-refractivity contribution >= 4 is 0 Å². The highest BCUT2D eigenvalue weighted by molar-refractivity contribution is 4.79. The Morgan fingerprint density at radius 1 is 1.29 bits per heavy atom. The van der Waals surface area contributed by atoms with Gasteiger partial charge in [-0.25, -0.2) is 4.79 Å². The van der Waals surface area contributed by atoms with Crippen LogP contribution in [0.1, 0.15) is 0 Å². The molecule has 2 rings (SSSR count). The van der Waals surface area contributed by atoms with Crippen LogP contribution in [0.4, 0.5) is 4.48 Å². The van der Waals surface area contributed by atoms with E-state index in [4.69, 9.17) is 0 Å². The van der Waals surface area contributed by atoms with Gasteiger partial charge in [-0.1, -0.05) is 9.27 Å². The molecule has 0 saturated carbocycles. The summed E-state index contributed by atoms with van der Waals surface area (Å²) < 4.78 is 16.6. The van der Waals surface area contributed by atoms with Crippen LogP contribution in [0.2, 0.25) is 0 Å². The number of furan rings is 1. The van der Waals surface area contributed by atoms with E-state index in [0.29, 0.717) is 0 Å². The Hall–Kier alpha value is -2.11. The van der Waals surface area contributed by atoms with E-state index in [1.807, 2.05) is 17.1 Å². The number of hydrogen-bond acceptors (Lipinski definition) is 3. The Balaban J connectivity index is 0.000000165. The van der Waals surface area contributed by atoms with Gasteiger partial charge >= 0.3 is 5.69 Å². The molecule has 1 N–H and O–H groups in total. The van der Waals surface area contributed by atoms with Gasteiger partial charge in [0.2, 0.25) is 0 Å². The predicted octanol–water partition coefficient (Wildman–Crippen LogP) is 0.549. The first-order chi connectivity index (χ1) is 6.72. The first-order valence-corrected chi connectivity index (χ1v) is 3.66. The molecule has 0 fully saturated rings. The van der Waals surface area contributed by atoms with Crippen molar-refractivity contribution in [1.29, 1.82) is 0 Å². The minimum Gasteiger partial charge on any atom is -0.473 e. The molecule has 2 heterocycles. The zero-order valence-electron chi connectivity index (χ0n) is 7.01. The van der Waals surface area contributed by atoms with Crippen LogP contribution in [0.15, 0.2) is 50.9 Å². The molecule has 2 aromatic heterocycles. The summed E-state index contributed by atoms with van der Waals surface area (Å²) in [7, 11) is 0. The fourth-order valence-electron chi connectivity index (χ4n) is 0.633. The summed E-state index contributed by atoms with van der Waals surface area (Å²) in [6.07, 6.45) is 4.33. The molecule has 0 spiro atoms. The minimum atomic E-state index is -1.05. The third-order valence-corrected chi connectivity index (χ3v) is 1.23. The van der Waals surface area contributed by atoms with E-state index < -0.39 is 16.0 Å². The van der Waals surface area contributed by atoms with Crippen molar-refractivity contribution in [3.05, 3.63) is 57.8 Å². The molecule has 0 aliphatic heterocycles. The van der Waals surface area contributed by atoms with Gasteiger partial charge < -0.3 is 9.40 Å². The van der Waals surface area contributed by atoms with Crippen molar-refractivity contribution in [3.63, 3.8) is 0 Å². The maximum atomic E-state index is 12.0. The zero-order valence-corrected chi connectivity index (χ0v) is 7.01. The maximum Gasteiger partial charge on any atom is 0.357 e. The van der Waals surface area contributed by atoms with Crippen molar-refractivity contribution in [2.45, 2.75) is 0 Å². The molecular formula is C8H7FN2O3. The highest BCUT2D eigenvalue weighted by Gasteiger charge is 1.93. The lowest BCUT2D eigenvalue weighted by Crippen LogP contribution is -2.28. The third-order valence-electron chi connectivity index (χ3n) is 1.23. The van der Waals surface area contributed by atoms with Crippen molar-refractivity contribution in [1.82, 2.24) is 9.77 Å². The Morgan fingerprint density at radius 2 is 1.93 bits per heavy atom. The van der Waals surface area contributed by atoms with Gasteiger partial charge in [0.15, 0.2) is 0 Å². The second-order valence-electron chi connectivity index (χ2n) is 2.20. The van der Waals surface area contributed by atoms with Crippen LogP contribution >= 0.6 is 0 Å². The Labute approximate surface area is 77.4 Å². The fourth-order valence-corrected chi connectivity index (χ4v) is 0.633. The molecule has 0 atom stereocenters. The zero-order chi connectivity index (χ0) is 10.4. The van der Waals surface area contributed by atoms with E-state index in [-0.39, 0.29) is 0 Å². The quantitative estimate of drug-likeness (QED) is 0.672. The topological polar surface area (TPSA) is 68.0 Å². The SMILES string of the molecule is O=c1cc[nH]c(=O)n1F.c1ccoc1. The summed E-state index contributed by atoms with van der Waals surface area (Å²) in [6.45, 7) is 0. The Kier molecular flexibility index (Phi) is 3.42. The summed E-state index contributed by atoms with van der Waals surface area (Å²) in [5, 5.41) is 0. The van der Waals surface area contributed by atoms with E-state index in [0.717, 1.165) is 12.3 Å². The van der Waals surface area contributed by atoms with E-state index >= 15 is 0 Å². The number of aromatic amines is 1. The lowest BCUT2D eigenvalue weighted by atomic mass is 10.7. The minimum absolute atomic E-state index is 0.500. The van der Waals surface area contributed by atoms with Gasteiger partial charge in [-0.15, -0.1) is 0 Å². The summed E-state index contributed by atoms with van der Waals surface area (Å²) in [4.78, 5) is 21.9. The monoisotopic (exact) mass is 198 g/mol. The first kappa shape index (κ1) is 9.97. The van der Waals surface area contributed by atoms with Gasteiger partial charge in [-0.2, -0.15) is 0 Å². The molecule has 14 heavy (non-hydrogen) atoms. The van der Waals surface area contributed by atoms with Crippen LogP contribution in [0.25, 0.3) is 0 Å². The highest BCUT2D eigenvalue weighted by atomic mass is 19.2. The summed E-state index contributed by atoms with van der Waals surface area (Å²) in [5.74, 6) is 0. The molecule has 0 saturated heterocycles. The molecule has 0 aliphatic rings. The van der Waals surface area contributed by atoms with E-state index in [2.05, 4.69) is 4.42 Å². The molecule has 0 amide bonds. The van der Waals surface area contributed by atoms with Crippen LogP contribution in [-0.4, -0.2) is 9.77 Å². The normalized spacial score (nSPS) is 8.93. The number of aromatic nitrogens is 2. The summed E-state index contributed by atoms with van der Waals surface area (Å²) >= 11 is 0. The molecular weight excluding hydrogens is 191 g/mol. The number of halogens is 1. The number of nitrogens with one attached hydrogen (secondary N) is 1. The van der Waals surface area contributed by atoms with Crippen LogP contribution in [0, 0.1) is 0 Å². The predicted molar refractivity (Wildman–Crippen MR) is 46.5 cm³/mol. The summed E-state index contributed by atoms with van der Waals surface area (Å²) in [5.41, 5.74) is -2.01. The molecule has 0 aromatic carbocycles. The standard InChI is InChI=1S/C4H3FN2O2.C4H4O/c5-7-3(8)1-2-6-4(7)9;1-2-4-5-3-1/h1-2H,(H,6,9);1-4H. The molecule has 0 radical (unpaired) electrons. The second kappa shape index (κ2) is 4.80. The number of H-pyrrole nitrogens is 1. The number of nitrogens with zero attached hydrogens (tertiary/aromatic N) is 1. The Bertz CT molecular complexity index is 426. The molecule has 0 aliphatic carbocycles. The lowest BCUT2D eigenvalue weighted by Gasteiger charge is -1.83. The number of rotatable bonds is 0. The second-order valence-corrected chi connectivity index (χ2v) is 2.20. The summed E-state index contributed by atoms with van der Waals surface area (Å²) in [6, 6.07) is 4.58. The highest BCUT2D eigenvalue weighted by Crippen LogP contribution is 1.79. The van der Waals surface area contributed by atoms with E-state index in [1.54, 1.807) is 12.5 Å². The molecule has 74 valence electrons. The van der Waals surface area contributed by atoms with Crippen LogP contribution in [-0.2, 0) is 0 Å². The van der Waals surface area contributed by atoms with Crippen LogP contribution < -0.4 is 11.2 Å². The van der Waals surface area contributed by atoms with E-state index in [9.17, 15) is 14.1 Å². The lowest BCUT2D eigenvalue weighted by molar-refractivity contribution is 0.330. The molecule has 2 aromatic rings. The molecule has 0 bridgehead atoms. The van der Waals surface area contributed by atoms with Gasteiger partial charge in [0.1, 0.15) is 0 Å². The van der Waals surface area contributed by atoms with Gasteiger partial charge in [0, 0.05) is 12.3 Å². The number of hydrogen-bond donors (Lipinski definition) is 1. The van der Waals surface area contributed by atoms with Gasteiger partial charge in [0.05, 0.1) is 12.5 Å². The first-order valence-electron chi connectivity index (χ1n) is 3.66. The van der Waals surface area contributed by atoms with Gasteiger partial charge in [-0.05, 0) is 12.1 Å². The van der Waals surface area contributed by atoms with Crippen LogP contribution in [0.3, 0.4) is 0 Å². The molecule has 6 heteroatoms. The third kappa shape index (κ3) is 2.74. The smallest absolute Gasteiger partial charge is 0.357 e. The van der Waals surface area contributed by atoms with Gasteiger partial charge in [0.25, 0.3) is 5.56 Å². The largest absolute Gasteiger partial charge is 0.473 e. The molecule has 5 nitrogen and oxygen atoms in total. The Morgan fingerprint density at radius 3 is 2.29 bits per heavy atom. The van der Waals surface area contributed by atoms with Crippen molar-refractivity contribution in [2.24, 2.45) is 0 Å². The van der Waals surface area contributed by atoms with Gasteiger partial charge in [-0.3, -0.25) is 4.79 Å². The van der Waals surface area contributed by atoms with Crippen molar-refractivity contribution in [3.8, 4) is 0 Å². The van der Waals surface area contributed by atoms with Crippen LogP contribution in [0.5, 0.6) is 0 Å². The van der Waals surface area contributed by atoms with E-state index in [1.165, 1.54) is 0 Å². The fraction of sp³-hybridized carbons (Fsp3) is 0. The maximum absolute atomic E-state index is 12.0.